The van der Waals surface area contributed by atoms with Crippen LogP contribution >= 0.6 is 11.9 Å². The number of benzene rings is 2. The summed E-state index contributed by atoms with van der Waals surface area (Å²) in [6.07, 6.45) is 1.87. The minimum atomic E-state index is -0.297. The second-order valence-electron chi connectivity index (χ2n) is 9.65. The molecule has 1 unspecified atom stereocenters. The summed E-state index contributed by atoms with van der Waals surface area (Å²) in [4.78, 5) is 20.3. The van der Waals surface area contributed by atoms with E-state index in [9.17, 15) is 10.1 Å². The van der Waals surface area contributed by atoms with Gasteiger partial charge in [-0.05, 0) is 62.9 Å². The van der Waals surface area contributed by atoms with Crippen LogP contribution in [0.3, 0.4) is 0 Å². The Morgan fingerprint density at radius 3 is 2.84 bits per heavy atom. The zero-order chi connectivity index (χ0) is 26.9. The first kappa shape index (κ1) is 28.1. The van der Waals surface area contributed by atoms with E-state index in [1.54, 1.807) is 30.1 Å². The first-order chi connectivity index (χ1) is 18.5. The van der Waals surface area contributed by atoms with Crippen molar-refractivity contribution in [3.8, 4) is 11.8 Å². The topological polar surface area (TPSA) is 99.0 Å². The quantitative estimate of drug-likeness (QED) is 0.205. The predicted octanol–water partition coefficient (Wildman–Crippen LogP) is 4.10. The number of ether oxygens (including phenoxy) is 2. The Bertz CT molecular complexity index is 1190. The highest BCUT2D eigenvalue weighted by atomic mass is 32.2. The lowest BCUT2D eigenvalue weighted by atomic mass is 10.0. The highest BCUT2D eigenvalue weighted by Gasteiger charge is 2.26. The van der Waals surface area contributed by atoms with E-state index in [0.29, 0.717) is 29.3 Å². The van der Waals surface area contributed by atoms with E-state index >= 15 is 0 Å². The Kier molecular flexibility index (Phi) is 10.2. The van der Waals surface area contributed by atoms with Crippen LogP contribution in [0.25, 0.3) is 0 Å². The summed E-state index contributed by atoms with van der Waals surface area (Å²) in [6, 6.07) is 13.6. The van der Waals surface area contributed by atoms with Crippen molar-refractivity contribution in [2.24, 2.45) is 4.99 Å². The molecule has 0 saturated carbocycles. The number of nitrogens with one attached hydrogen (secondary N) is 2. The van der Waals surface area contributed by atoms with Crippen molar-refractivity contribution >= 4 is 23.7 Å². The molecule has 38 heavy (non-hydrogen) atoms. The molecule has 0 bridgehead atoms. The molecule has 2 aromatic carbocycles. The first-order valence-electron chi connectivity index (χ1n) is 13.4. The van der Waals surface area contributed by atoms with Crippen molar-refractivity contribution in [1.29, 1.82) is 5.26 Å². The number of aliphatic imine (C=N–C) groups is 1. The summed E-state index contributed by atoms with van der Waals surface area (Å²) >= 11 is 1.78. The molecular formula is C29H37N5O3S. The van der Waals surface area contributed by atoms with Gasteiger partial charge in [-0.2, -0.15) is 5.26 Å². The third kappa shape index (κ3) is 7.14. The normalized spacial score (nSPS) is 17.8. The number of nitrogens with zero attached hydrogens (tertiary/aromatic N) is 3. The van der Waals surface area contributed by atoms with Gasteiger partial charge in [-0.3, -0.25) is 19.4 Å². The number of rotatable bonds is 10. The average Bonchev–Trinajstić information content (AvgIpc) is 3.34. The number of amides is 1. The van der Waals surface area contributed by atoms with Crippen LogP contribution in [0.2, 0.25) is 0 Å². The first-order valence-corrected chi connectivity index (χ1v) is 14.3. The van der Waals surface area contributed by atoms with Crippen LogP contribution in [-0.2, 0) is 11.2 Å². The second kappa shape index (κ2) is 13.8. The molecule has 9 heteroatoms. The third-order valence-corrected chi connectivity index (χ3v) is 7.48. The molecule has 1 heterocycles. The van der Waals surface area contributed by atoms with E-state index < -0.39 is 0 Å². The number of fused-ring (bicyclic) bond motifs is 1. The molecule has 8 nitrogen and oxygen atoms in total. The van der Waals surface area contributed by atoms with E-state index in [4.69, 9.17) is 9.47 Å². The van der Waals surface area contributed by atoms with Gasteiger partial charge in [-0.25, -0.2) is 0 Å². The lowest BCUT2D eigenvalue weighted by Gasteiger charge is -2.26. The van der Waals surface area contributed by atoms with E-state index in [1.165, 1.54) is 11.1 Å². The molecule has 1 amide bonds. The van der Waals surface area contributed by atoms with Crippen LogP contribution in [0.15, 0.2) is 41.4 Å². The molecule has 1 aliphatic carbocycles. The van der Waals surface area contributed by atoms with Gasteiger partial charge in [0.1, 0.15) is 17.7 Å². The summed E-state index contributed by atoms with van der Waals surface area (Å²) in [5.74, 6) is 1.77. The molecule has 2 N–H and O–H groups in total. The number of carbonyl (C=O) groups is 1. The van der Waals surface area contributed by atoms with Gasteiger partial charge in [-0.1, -0.05) is 30.1 Å². The highest BCUT2D eigenvalue weighted by molar-refractivity contribution is 7.97. The zero-order valence-electron chi connectivity index (χ0n) is 22.5. The van der Waals surface area contributed by atoms with Crippen molar-refractivity contribution in [2.75, 3.05) is 45.1 Å². The van der Waals surface area contributed by atoms with Gasteiger partial charge in [0.25, 0.3) is 5.91 Å². The van der Waals surface area contributed by atoms with Gasteiger partial charge in [-0.15, -0.1) is 0 Å². The van der Waals surface area contributed by atoms with E-state index in [1.807, 2.05) is 32.9 Å². The van der Waals surface area contributed by atoms with Gasteiger partial charge in [0, 0.05) is 49.1 Å². The maximum Gasteiger partial charge on any atom is 0.256 e. The van der Waals surface area contributed by atoms with Gasteiger partial charge >= 0.3 is 0 Å². The molecule has 2 aromatic rings. The Morgan fingerprint density at radius 1 is 1.29 bits per heavy atom. The van der Waals surface area contributed by atoms with E-state index in [-0.39, 0.29) is 18.1 Å². The van der Waals surface area contributed by atoms with Crippen LogP contribution in [0.1, 0.15) is 65.8 Å². The van der Waals surface area contributed by atoms with Gasteiger partial charge < -0.3 is 14.8 Å². The van der Waals surface area contributed by atoms with Crippen molar-refractivity contribution in [1.82, 2.24) is 14.9 Å². The number of hydrogen-bond acceptors (Lipinski definition) is 8. The SMILES string of the molecule is CCN=C(NC(=O)c1ccc(OC(C)C)c(C#N)c1)c1cccc2c1CCC2NSCCN1CCOCC1. The minimum Gasteiger partial charge on any atom is -0.490 e. The monoisotopic (exact) mass is 535 g/mol. The van der Waals surface area contributed by atoms with Crippen LogP contribution in [0, 0.1) is 11.3 Å². The third-order valence-electron chi connectivity index (χ3n) is 6.64. The van der Waals surface area contributed by atoms with Crippen molar-refractivity contribution in [3.05, 3.63) is 64.2 Å². The largest absolute Gasteiger partial charge is 0.490 e. The van der Waals surface area contributed by atoms with Crippen LogP contribution < -0.4 is 14.8 Å². The fourth-order valence-electron chi connectivity index (χ4n) is 4.80. The van der Waals surface area contributed by atoms with E-state index in [0.717, 1.165) is 57.0 Å². The molecular weight excluding hydrogens is 498 g/mol. The molecule has 1 saturated heterocycles. The molecule has 0 spiro atoms. The maximum atomic E-state index is 13.2. The van der Waals surface area contributed by atoms with Crippen LogP contribution in [0.4, 0.5) is 0 Å². The molecule has 4 rings (SSSR count). The Morgan fingerprint density at radius 2 is 2.11 bits per heavy atom. The zero-order valence-corrected chi connectivity index (χ0v) is 23.3. The summed E-state index contributed by atoms with van der Waals surface area (Å²) in [7, 11) is 0. The number of nitriles is 1. The lowest BCUT2D eigenvalue weighted by Crippen LogP contribution is -2.37. The number of morpholine rings is 1. The Balaban J connectivity index is 1.43. The fraction of sp³-hybridized carbons (Fsp3) is 0.483. The van der Waals surface area contributed by atoms with E-state index in [2.05, 4.69) is 32.1 Å². The Hall–Kier alpha value is -2.90. The van der Waals surface area contributed by atoms with Crippen molar-refractivity contribution in [3.63, 3.8) is 0 Å². The predicted molar refractivity (Wildman–Crippen MR) is 152 cm³/mol. The van der Waals surface area contributed by atoms with Crippen molar-refractivity contribution in [2.45, 2.75) is 45.8 Å². The lowest BCUT2D eigenvalue weighted by molar-refractivity contribution is 0.0410. The summed E-state index contributed by atoms with van der Waals surface area (Å²) in [6.45, 7) is 11.0. The summed E-state index contributed by atoms with van der Waals surface area (Å²) < 4.78 is 14.8. The van der Waals surface area contributed by atoms with Gasteiger partial charge in [0.05, 0.1) is 24.9 Å². The molecule has 0 aromatic heterocycles. The molecule has 1 aliphatic heterocycles. The maximum absolute atomic E-state index is 13.2. The van der Waals surface area contributed by atoms with Gasteiger partial charge in [0.15, 0.2) is 0 Å². The van der Waals surface area contributed by atoms with Gasteiger partial charge in [0.2, 0.25) is 0 Å². The van der Waals surface area contributed by atoms with Crippen molar-refractivity contribution < 1.29 is 14.3 Å². The standard InChI is InChI=1S/C29H37N5O3S/c1-4-31-28(32-29(35)21-8-11-27(37-20(2)3)22(18-21)19-30)25-7-5-6-24-23(25)9-10-26(24)33-38-17-14-34-12-15-36-16-13-34/h5-8,11,18,20,26,33H,4,9-10,12-17H2,1-3H3,(H,31,32,35). The van der Waals surface area contributed by atoms with Crippen LogP contribution in [0.5, 0.6) is 5.75 Å². The average molecular weight is 536 g/mol. The molecule has 0 radical (unpaired) electrons. The molecule has 1 fully saturated rings. The fourth-order valence-corrected chi connectivity index (χ4v) is 5.72. The minimum absolute atomic E-state index is 0.0632. The Labute approximate surface area is 229 Å². The number of carbonyl (C=O) groups excluding carboxylic acids is 1. The number of amidine groups is 1. The molecule has 1 atom stereocenters. The molecule has 202 valence electrons. The summed E-state index contributed by atoms with van der Waals surface area (Å²) in [5.41, 5.74) is 4.18. The number of hydrogen-bond donors (Lipinski definition) is 2. The second-order valence-corrected chi connectivity index (χ2v) is 10.6. The smallest absolute Gasteiger partial charge is 0.256 e. The highest BCUT2D eigenvalue weighted by Crippen LogP contribution is 2.34. The van der Waals surface area contributed by atoms with Crippen LogP contribution in [-0.4, -0.2) is 67.9 Å². The molecule has 2 aliphatic rings. The summed E-state index contributed by atoms with van der Waals surface area (Å²) in [5, 5.41) is 12.6.